The molecule has 4 nitrogen and oxygen atoms in total. The van der Waals surface area contributed by atoms with E-state index in [0.717, 1.165) is 19.3 Å². The molecule has 0 aromatic rings. The van der Waals surface area contributed by atoms with E-state index in [9.17, 15) is 5.26 Å². The summed E-state index contributed by atoms with van der Waals surface area (Å²) in [6, 6.07) is 2.73. The van der Waals surface area contributed by atoms with E-state index < -0.39 is 8.32 Å². The molecule has 4 rings (SSSR count). The first kappa shape index (κ1) is 21.8. The minimum absolute atomic E-state index is 0.153. The van der Waals surface area contributed by atoms with Gasteiger partial charge in [-0.25, -0.2) is 0 Å². The molecule has 0 N–H and O–H groups in total. The average molecular weight is 420 g/mol. The molecule has 4 fully saturated rings. The van der Waals surface area contributed by atoms with Gasteiger partial charge < -0.3 is 13.9 Å². The van der Waals surface area contributed by atoms with E-state index in [1.165, 1.54) is 32.1 Å². The van der Waals surface area contributed by atoms with E-state index in [2.05, 4.69) is 39.6 Å². The molecule has 5 heteroatoms. The topological polar surface area (TPSA) is 51.5 Å². The van der Waals surface area contributed by atoms with Gasteiger partial charge in [0.25, 0.3) is 0 Å². The molecule has 2 bridgehead atoms. The van der Waals surface area contributed by atoms with Gasteiger partial charge in [-0.3, -0.25) is 0 Å². The van der Waals surface area contributed by atoms with Gasteiger partial charge in [-0.2, -0.15) is 5.26 Å². The Kier molecular flexibility index (Phi) is 5.51. The number of nitrogens with zero attached hydrogens (tertiary/aromatic N) is 1. The highest BCUT2D eigenvalue weighted by Crippen LogP contribution is 2.75. The molecule has 29 heavy (non-hydrogen) atoms. The second-order valence-electron chi connectivity index (χ2n) is 12.1. The van der Waals surface area contributed by atoms with E-state index in [4.69, 9.17) is 13.9 Å². The zero-order valence-corrected chi connectivity index (χ0v) is 20.4. The summed E-state index contributed by atoms with van der Waals surface area (Å²) in [5.41, 5.74) is 0.811. The van der Waals surface area contributed by atoms with Crippen LogP contribution in [0.5, 0.6) is 0 Å². The molecule has 0 aromatic heterocycles. The van der Waals surface area contributed by atoms with Crippen molar-refractivity contribution >= 4 is 8.32 Å². The normalized spacial score (nSPS) is 49.2. The van der Waals surface area contributed by atoms with Crippen LogP contribution < -0.4 is 0 Å². The Labute approximate surface area is 178 Å². The molecule has 4 aliphatic carbocycles. The van der Waals surface area contributed by atoms with Crippen molar-refractivity contribution in [3.63, 3.8) is 0 Å². The zero-order chi connectivity index (χ0) is 21.1. The smallest absolute Gasteiger partial charge is 0.184 e. The van der Waals surface area contributed by atoms with Crippen molar-refractivity contribution in [3.8, 4) is 6.07 Å². The van der Waals surface area contributed by atoms with Crippen molar-refractivity contribution in [2.75, 3.05) is 13.9 Å². The van der Waals surface area contributed by atoms with Crippen LogP contribution in [0.25, 0.3) is 0 Å². The summed E-state index contributed by atoms with van der Waals surface area (Å²) >= 11 is 0. The molecular weight excluding hydrogens is 378 g/mol. The van der Waals surface area contributed by atoms with E-state index in [-0.39, 0.29) is 29.0 Å². The second-order valence-corrected chi connectivity index (χ2v) is 16.5. The van der Waals surface area contributed by atoms with Crippen molar-refractivity contribution in [3.05, 3.63) is 0 Å². The Balaban J connectivity index is 1.73. The fraction of sp³-hybridized carbons (Fsp3) is 0.958. The summed E-state index contributed by atoms with van der Waals surface area (Å²) in [6.45, 7) is 12.3. The molecule has 0 aliphatic heterocycles. The minimum Gasteiger partial charge on any atom is -0.414 e. The van der Waals surface area contributed by atoms with Crippen LogP contribution in [0.4, 0.5) is 0 Å². The Morgan fingerprint density at radius 2 is 1.86 bits per heavy atom. The van der Waals surface area contributed by atoms with Crippen molar-refractivity contribution in [2.24, 2.45) is 34.0 Å². The molecule has 0 radical (unpaired) electrons. The number of ether oxygens (including phenoxy) is 2. The standard InChI is InChI=1S/C24H41NO3Si/c1-22-10-11-24(15-22)18(13-20(22)27-16-26-3)12-19(28-29(4,5)6)21-17(14-25)8-7-9-23(21,24)2/h17-21H,7-13,15-16H2,1-6H3/t17-,18+,19-,20+,21?,22+,23+,24+/m1/s1. The van der Waals surface area contributed by atoms with Gasteiger partial charge >= 0.3 is 0 Å². The first-order valence-electron chi connectivity index (χ1n) is 11.8. The molecular formula is C24H41NO3Si. The largest absolute Gasteiger partial charge is 0.414 e. The summed E-state index contributed by atoms with van der Waals surface area (Å²) in [5.74, 6) is 1.18. The molecule has 1 unspecified atom stereocenters. The van der Waals surface area contributed by atoms with Crippen molar-refractivity contribution in [1.82, 2.24) is 0 Å². The highest BCUT2D eigenvalue weighted by Gasteiger charge is 2.70. The van der Waals surface area contributed by atoms with Gasteiger partial charge in [-0.1, -0.05) is 20.3 Å². The van der Waals surface area contributed by atoms with Crippen LogP contribution in [-0.4, -0.2) is 34.4 Å². The van der Waals surface area contributed by atoms with Crippen molar-refractivity contribution < 1.29 is 13.9 Å². The van der Waals surface area contributed by atoms with Gasteiger partial charge in [-0.05, 0) is 86.7 Å². The van der Waals surface area contributed by atoms with Gasteiger partial charge in [0.05, 0.1) is 18.1 Å². The number of fused-ring (bicyclic) bond motifs is 2. The number of rotatable bonds is 5. The lowest BCUT2D eigenvalue weighted by molar-refractivity contribution is -0.216. The highest BCUT2D eigenvalue weighted by molar-refractivity contribution is 6.69. The first-order chi connectivity index (χ1) is 13.6. The fourth-order valence-corrected chi connectivity index (χ4v) is 9.52. The average Bonchev–Trinajstić information content (AvgIpc) is 2.96. The molecule has 0 saturated heterocycles. The van der Waals surface area contributed by atoms with Crippen LogP contribution in [0.3, 0.4) is 0 Å². The fourth-order valence-electron chi connectivity index (χ4n) is 8.37. The monoisotopic (exact) mass is 419 g/mol. The molecule has 0 amide bonds. The van der Waals surface area contributed by atoms with Crippen LogP contribution in [0.2, 0.25) is 19.6 Å². The Morgan fingerprint density at radius 1 is 1.10 bits per heavy atom. The number of hydrogen-bond acceptors (Lipinski definition) is 4. The maximum Gasteiger partial charge on any atom is 0.184 e. The lowest BCUT2D eigenvalue weighted by atomic mass is 9.39. The summed E-state index contributed by atoms with van der Waals surface area (Å²) in [7, 11) is 0.0301. The van der Waals surface area contributed by atoms with E-state index in [1.54, 1.807) is 7.11 Å². The summed E-state index contributed by atoms with van der Waals surface area (Å²) < 4.78 is 18.4. The third kappa shape index (κ3) is 3.34. The maximum atomic E-state index is 10.1. The molecule has 4 aliphatic rings. The quantitative estimate of drug-likeness (QED) is 0.421. The summed E-state index contributed by atoms with van der Waals surface area (Å²) in [4.78, 5) is 0. The Morgan fingerprint density at radius 3 is 2.52 bits per heavy atom. The first-order valence-corrected chi connectivity index (χ1v) is 15.2. The lowest BCUT2D eigenvalue weighted by Crippen LogP contribution is -2.64. The van der Waals surface area contributed by atoms with Crippen LogP contribution in [0, 0.1) is 45.3 Å². The van der Waals surface area contributed by atoms with E-state index >= 15 is 0 Å². The van der Waals surface area contributed by atoms with Gasteiger partial charge in [0.15, 0.2) is 8.32 Å². The molecule has 0 heterocycles. The number of methoxy groups -OCH3 is 1. The molecule has 0 aromatic carbocycles. The summed E-state index contributed by atoms with van der Waals surface area (Å²) in [6.07, 6.45) is 10.1. The number of hydrogen-bond donors (Lipinski definition) is 0. The van der Waals surface area contributed by atoms with Crippen LogP contribution in [0.1, 0.15) is 65.2 Å². The SMILES string of the molecule is COCO[C@H]1C[C@@H]2C[C@@H](O[Si](C)(C)C)C3[C@@H](C#N)CCC[C@]3(C)[C@]23CC[C@@]1(C)C3. The lowest BCUT2D eigenvalue weighted by Gasteiger charge is -2.66. The van der Waals surface area contributed by atoms with Crippen molar-refractivity contribution in [2.45, 2.75) is 97.1 Å². The highest BCUT2D eigenvalue weighted by atomic mass is 28.4. The third-order valence-corrected chi connectivity index (χ3v) is 10.4. The van der Waals surface area contributed by atoms with Crippen LogP contribution in [-0.2, 0) is 13.9 Å². The van der Waals surface area contributed by atoms with Crippen LogP contribution in [0.15, 0.2) is 0 Å². The van der Waals surface area contributed by atoms with Gasteiger partial charge in [-0.15, -0.1) is 0 Å². The molecule has 8 atom stereocenters. The van der Waals surface area contributed by atoms with E-state index in [0.29, 0.717) is 24.0 Å². The molecule has 164 valence electrons. The second kappa shape index (κ2) is 7.33. The van der Waals surface area contributed by atoms with Gasteiger partial charge in [0.1, 0.15) is 6.79 Å². The third-order valence-electron chi connectivity index (χ3n) is 9.41. The van der Waals surface area contributed by atoms with Gasteiger partial charge in [0.2, 0.25) is 0 Å². The van der Waals surface area contributed by atoms with E-state index in [1.807, 2.05) is 0 Å². The predicted molar refractivity (Wildman–Crippen MR) is 117 cm³/mol. The molecule has 4 saturated carbocycles. The minimum atomic E-state index is -1.69. The Bertz CT molecular complexity index is 672. The van der Waals surface area contributed by atoms with Crippen molar-refractivity contribution in [1.29, 1.82) is 5.26 Å². The van der Waals surface area contributed by atoms with Gasteiger partial charge in [0, 0.05) is 19.1 Å². The Hall–Kier alpha value is -0.413. The maximum absolute atomic E-state index is 10.1. The predicted octanol–water partition coefficient (Wildman–Crippen LogP) is 5.74. The summed E-state index contributed by atoms with van der Waals surface area (Å²) in [5, 5.41) is 10.1. The number of nitriles is 1. The zero-order valence-electron chi connectivity index (χ0n) is 19.4. The molecule has 1 spiro atoms. The van der Waals surface area contributed by atoms with Crippen LogP contribution >= 0.6 is 0 Å².